The first-order chi connectivity index (χ1) is 9.49. The minimum Gasteiger partial charge on any atom is -0.397 e. The van der Waals surface area contributed by atoms with Gasteiger partial charge in [0.1, 0.15) is 10.9 Å². The Labute approximate surface area is 120 Å². The topological polar surface area (TPSA) is 93.0 Å². The highest BCUT2D eigenvalue weighted by Gasteiger charge is 2.18. The third-order valence-electron chi connectivity index (χ3n) is 3.16. The average Bonchev–Trinajstić information content (AvgIpc) is 2.74. The zero-order valence-corrected chi connectivity index (χ0v) is 12.0. The standard InChI is InChI=1S/C14H13N3O2S/c1-3-10-13(16)12(7-15)20-14(10)9-4-5-11(17(18)19)8(2)6-9/h4-6H,3,16H2,1-2H3. The van der Waals surface area contributed by atoms with Gasteiger partial charge in [0.2, 0.25) is 0 Å². The normalized spacial score (nSPS) is 10.2. The Balaban J connectivity index is 2.61. The van der Waals surface area contributed by atoms with Crippen molar-refractivity contribution in [1.82, 2.24) is 0 Å². The maximum Gasteiger partial charge on any atom is 0.272 e. The minimum atomic E-state index is -0.399. The fourth-order valence-corrected chi connectivity index (χ4v) is 3.25. The van der Waals surface area contributed by atoms with Gasteiger partial charge < -0.3 is 5.73 Å². The van der Waals surface area contributed by atoms with E-state index in [0.717, 1.165) is 22.4 Å². The van der Waals surface area contributed by atoms with E-state index >= 15 is 0 Å². The molecule has 0 saturated heterocycles. The lowest BCUT2D eigenvalue weighted by molar-refractivity contribution is -0.385. The van der Waals surface area contributed by atoms with E-state index in [9.17, 15) is 10.1 Å². The van der Waals surface area contributed by atoms with E-state index in [2.05, 4.69) is 6.07 Å². The summed E-state index contributed by atoms with van der Waals surface area (Å²) in [5, 5.41) is 19.9. The van der Waals surface area contributed by atoms with E-state index in [1.54, 1.807) is 19.1 Å². The summed E-state index contributed by atoms with van der Waals surface area (Å²) in [5.41, 5.74) is 8.96. The molecule has 0 atom stereocenters. The highest BCUT2D eigenvalue weighted by Crippen LogP contribution is 2.39. The summed E-state index contributed by atoms with van der Waals surface area (Å²) in [6.45, 7) is 3.68. The van der Waals surface area contributed by atoms with Crippen LogP contribution in [0, 0.1) is 28.4 Å². The summed E-state index contributed by atoms with van der Waals surface area (Å²) >= 11 is 1.33. The molecule has 5 nitrogen and oxygen atoms in total. The zero-order chi connectivity index (χ0) is 14.9. The van der Waals surface area contributed by atoms with Crippen LogP contribution in [0.25, 0.3) is 10.4 Å². The van der Waals surface area contributed by atoms with Crippen LogP contribution in [0.5, 0.6) is 0 Å². The lowest BCUT2D eigenvalue weighted by Gasteiger charge is -2.04. The number of thiophene rings is 1. The van der Waals surface area contributed by atoms with Crippen molar-refractivity contribution >= 4 is 22.7 Å². The van der Waals surface area contributed by atoms with Crippen LogP contribution < -0.4 is 5.73 Å². The Morgan fingerprint density at radius 2 is 2.20 bits per heavy atom. The molecule has 0 amide bonds. The van der Waals surface area contributed by atoms with Gasteiger partial charge in [-0.15, -0.1) is 11.3 Å². The van der Waals surface area contributed by atoms with Gasteiger partial charge in [-0.3, -0.25) is 10.1 Å². The molecule has 1 aromatic carbocycles. The quantitative estimate of drug-likeness (QED) is 0.688. The number of nitrogens with two attached hydrogens (primary N) is 1. The second kappa shape index (κ2) is 5.31. The molecule has 0 radical (unpaired) electrons. The molecular formula is C14H13N3O2S. The number of hydrogen-bond donors (Lipinski definition) is 1. The Hall–Kier alpha value is -2.39. The van der Waals surface area contributed by atoms with Gasteiger partial charge in [0.05, 0.1) is 10.6 Å². The van der Waals surface area contributed by atoms with Crippen molar-refractivity contribution in [1.29, 1.82) is 5.26 Å². The van der Waals surface area contributed by atoms with Crippen molar-refractivity contribution in [2.24, 2.45) is 0 Å². The second-order valence-electron chi connectivity index (χ2n) is 4.38. The lowest BCUT2D eigenvalue weighted by Crippen LogP contribution is -1.93. The SMILES string of the molecule is CCc1c(-c2ccc([N+](=O)[O-])c(C)c2)sc(C#N)c1N. The van der Waals surface area contributed by atoms with Crippen LogP contribution in [0.1, 0.15) is 22.9 Å². The van der Waals surface area contributed by atoms with Crippen LogP contribution in [-0.2, 0) is 6.42 Å². The van der Waals surface area contributed by atoms with Crippen LogP contribution in [0.3, 0.4) is 0 Å². The number of nitrogens with zero attached hydrogens (tertiary/aromatic N) is 2. The first kappa shape index (κ1) is 14.0. The maximum atomic E-state index is 10.8. The van der Waals surface area contributed by atoms with E-state index in [1.165, 1.54) is 17.4 Å². The minimum absolute atomic E-state index is 0.0943. The van der Waals surface area contributed by atoms with Crippen molar-refractivity contribution in [3.63, 3.8) is 0 Å². The molecule has 0 fully saturated rings. The number of hydrogen-bond acceptors (Lipinski definition) is 5. The van der Waals surface area contributed by atoms with Crippen LogP contribution in [-0.4, -0.2) is 4.92 Å². The van der Waals surface area contributed by atoms with Gasteiger partial charge in [-0.25, -0.2) is 0 Å². The summed E-state index contributed by atoms with van der Waals surface area (Å²) in [5.74, 6) is 0. The number of nitro benzene ring substituents is 1. The van der Waals surface area contributed by atoms with E-state index < -0.39 is 4.92 Å². The molecule has 0 spiro atoms. The molecule has 0 aliphatic heterocycles. The molecule has 2 aromatic rings. The Kier molecular flexibility index (Phi) is 3.72. The first-order valence-corrected chi connectivity index (χ1v) is 6.87. The number of anilines is 1. The molecule has 0 aliphatic rings. The predicted octanol–water partition coefficient (Wildman–Crippen LogP) is 3.65. The smallest absolute Gasteiger partial charge is 0.272 e. The molecule has 6 heteroatoms. The fourth-order valence-electron chi connectivity index (χ4n) is 2.15. The third kappa shape index (κ3) is 2.24. The molecule has 0 aliphatic carbocycles. The van der Waals surface area contributed by atoms with Crippen LogP contribution in [0.15, 0.2) is 18.2 Å². The highest BCUT2D eigenvalue weighted by molar-refractivity contribution is 7.16. The number of benzene rings is 1. The number of rotatable bonds is 3. The highest BCUT2D eigenvalue weighted by atomic mass is 32.1. The molecule has 0 bridgehead atoms. The summed E-state index contributed by atoms with van der Waals surface area (Å²) in [7, 11) is 0. The summed E-state index contributed by atoms with van der Waals surface area (Å²) in [4.78, 5) is 11.9. The second-order valence-corrected chi connectivity index (χ2v) is 5.40. The molecular weight excluding hydrogens is 274 g/mol. The molecule has 2 rings (SSSR count). The van der Waals surface area contributed by atoms with Crippen molar-refractivity contribution in [2.75, 3.05) is 5.73 Å². The van der Waals surface area contributed by atoms with Crippen molar-refractivity contribution in [2.45, 2.75) is 20.3 Å². The maximum absolute atomic E-state index is 10.8. The molecule has 102 valence electrons. The number of nitrogen functional groups attached to an aromatic ring is 1. The van der Waals surface area contributed by atoms with Crippen molar-refractivity contribution in [3.8, 4) is 16.5 Å². The van der Waals surface area contributed by atoms with E-state index in [4.69, 9.17) is 11.0 Å². The monoisotopic (exact) mass is 287 g/mol. The van der Waals surface area contributed by atoms with E-state index in [0.29, 0.717) is 16.1 Å². The number of nitriles is 1. The van der Waals surface area contributed by atoms with Gasteiger partial charge in [0.25, 0.3) is 5.69 Å². The molecule has 2 N–H and O–H groups in total. The summed E-state index contributed by atoms with van der Waals surface area (Å²) < 4.78 is 0. The Morgan fingerprint density at radius 3 is 2.70 bits per heavy atom. The van der Waals surface area contributed by atoms with Gasteiger partial charge in [0.15, 0.2) is 0 Å². The predicted molar refractivity (Wildman–Crippen MR) is 79.7 cm³/mol. The van der Waals surface area contributed by atoms with Crippen LogP contribution >= 0.6 is 11.3 Å². The Bertz CT molecular complexity index is 729. The fraction of sp³-hybridized carbons (Fsp3) is 0.214. The van der Waals surface area contributed by atoms with Gasteiger partial charge in [-0.05, 0) is 36.6 Å². The Morgan fingerprint density at radius 1 is 1.50 bits per heavy atom. The van der Waals surface area contributed by atoms with E-state index in [-0.39, 0.29) is 5.69 Å². The van der Waals surface area contributed by atoms with Gasteiger partial charge >= 0.3 is 0 Å². The van der Waals surface area contributed by atoms with Gasteiger partial charge in [-0.2, -0.15) is 5.26 Å². The molecule has 20 heavy (non-hydrogen) atoms. The molecule has 1 heterocycles. The van der Waals surface area contributed by atoms with Crippen LogP contribution in [0.4, 0.5) is 11.4 Å². The van der Waals surface area contributed by atoms with Crippen LogP contribution in [0.2, 0.25) is 0 Å². The van der Waals surface area contributed by atoms with E-state index in [1.807, 2.05) is 6.92 Å². The summed E-state index contributed by atoms with van der Waals surface area (Å²) in [6.07, 6.45) is 0.718. The summed E-state index contributed by atoms with van der Waals surface area (Å²) in [6, 6.07) is 7.05. The molecule has 0 unspecified atom stereocenters. The lowest BCUT2D eigenvalue weighted by atomic mass is 10.0. The average molecular weight is 287 g/mol. The zero-order valence-electron chi connectivity index (χ0n) is 11.1. The largest absolute Gasteiger partial charge is 0.397 e. The molecule has 0 saturated carbocycles. The van der Waals surface area contributed by atoms with Gasteiger partial charge in [-0.1, -0.05) is 6.92 Å². The number of aryl methyl sites for hydroxylation is 1. The first-order valence-electron chi connectivity index (χ1n) is 6.06. The van der Waals surface area contributed by atoms with Gasteiger partial charge in [0, 0.05) is 16.5 Å². The van der Waals surface area contributed by atoms with Crippen molar-refractivity contribution in [3.05, 3.63) is 44.3 Å². The molecule has 1 aromatic heterocycles. The van der Waals surface area contributed by atoms with Crippen molar-refractivity contribution < 1.29 is 4.92 Å². The number of nitro groups is 1. The third-order valence-corrected chi connectivity index (χ3v) is 4.36.